The summed E-state index contributed by atoms with van der Waals surface area (Å²) in [6.45, 7) is 0.924. The molecule has 2 unspecified atom stereocenters. The number of nitrogens with zero attached hydrogens (tertiary/aromatic N) is 2. The smallest absolute Gasteiger partial charge is 0.148 e. The van der Waals surface area contributed by atoms with Gasteiger partial charge in [0, 0.05) is 24.2 Å². The molecule has 28 heavy (non-hydrogen) atoms. The molecule has 5 rings (SSSR count). The van der Waals surface area contributed by atoms with Crippen molar-refractivity contribution in [2.75, 3.05) is 11.9 Å². The van der Waals surface area contributed by atoms with Crippen molar-refractivity contribution in [3.8, 4) is 22.8 Å². The van der Waals surface area contributed by atoms with E-state index in [0.717, 1.165) is 23.1 Å². The molecule has 2 fully saturated rings. The van der Waals surface area contributed by atoms with Gasteiger partial charge in [-0.1, -0.05) is 6.07 Å². The zero-order valence-electron chi connectivity index (χ0n) is 15.6. The molecule has 3 aromatic rings. The number of phenolic OH excluding ortho intramolecular Hbond substituents is 2. The molecule has 3 heterocycles. The van der Waals surface area contributed by atoms with Crippen LogP contribution in [0, 0.1) is 5.92 Å². The van der Waals surface area contributed by atoms with Gasteiger partial charge in [-0.2, -0.15) is 0 Å². The Kier molecular flexibility index (Phi) is 4.28. The van der Waals surface area contributed by atoms with Gasteiger partial charge in [0.15, 0.2) is 0 Å². The van der Waals surface area contributed by atoms with E-state index in [1.54, 1.807) is 18.2 Å². The van der Waals surface area contributed by atoms with E-state index in [-0.39, 0.29) is 11.5 Å². The van der Waals surface area contributed by atoms with Crippen molar-refractivity contribution in [1.82, 2.24) is 15.5 Å². The van der Waals surface area contributed by atoms with Crippen molar-refractivity contribution in [2.45, 2.75) is 37.8 Å². The van der Waals surface area contributed by atoms with Gasteiger partial charge in [0.2, 0.25) is 0 Å². The lowest BCUT2D eigenvalue weighted by atomic mass is 9.92. The Bertz CT molecular complexity index is 993. The first kappa shape index (κ1) is 17.3. The molecule has 6 heteroatoms. The molecule has 2 aromatic carbocycles. The number of fused-ring (bicyclic) bond motifs is 3. The van der Waals surface area contributed by atoms with Gasteiger partial charge in [-0.25, -0.2) is 0 Å². The zero-order chi connectivity index (χ0) is 19.1. The van der Waals surface area contributed by atoms with Crippen LogP contribution in [-0.2, 0) is 0 Å². The molecule has 0 spiro atoms. The maximum Gasteiger partial charge on any atom is 0.148 e. The quantitative estimate of drug-likeness (QED) is 0.556. The first-order valence-electron chi connectivity index (χ1n) is 9.94. The van der Waals surface area contributed by atoms with Gasteiger partial charge >= 0.3 is 0 Å². The second-order valence-corrected chi connectivity index (χ2v) is 8.06. The molecule has 2 atom stereocenters. The normalized spacial score (nSPS) is 23.8. The number of hydrogen-bond donors (Lipinski definition) is 4. The summed E-state index contributed by atoms with van der Waals surface area (Å²) in [5.74, 6) is 1.75. The molecular formula is C22H24N4O2. The van der Waals surface area contributed by atoms with Crippen LogP contribution in [0.2, 0.25) is 0 Å². The van der Waals surface area contributed by atoms with E-state index in [1.165, 1.54) is 25.7 Å². The average molecular weight is 376 g/mol. The molecule has 2 aliphatic rings. The van der Waals surface area contributed by atoms with E-state index >= 15 is 0 Å². The lowest BCUT2D eigenvalue weighted by Gasteiger charge is -2.29. The summed E-state index contributed by atoms with van der Waals surface area (Å²) in [7, 11) is 0. The third-order valence-corrected chi connectivity index (χ3v) is 6.02. The Labute approximate surface area is 163 Å². The summed E-state index contributed by atoms with van der Waals surface area (Å²) < 4.78 is 0. The van der Waals surface area contributed by atoms with Crippen LogP contribution in [0.4, 0.5) is 5.82 Å². The summed E-state index contributed by atoms with van der Waals surface area (Å²) in [6.07, 6.45) is 5.08. The van der Waals surface area contributed by atoms with Crippen molar-refractivity contribution in [1.29, 1.82) is 0 Å². The van der Waals surface area contributed by atoms with Crippen LogP contribution in [0.1, 0.15) is 25.7 Å². The fourth-order valence-electron chi connectivity index (χ4n) is 4.64. The Morgan fingerprint density at radius 1 is 0.929 bits per heavy atom. The monoisotopic (exact) mass is 376 g/mol. The zero-order valence-corrected chi connectivity index (χ0v) is 15.6. The Hall–Kier alpha value is -2.86. The minimum atomic E-state index is 0.123. The Balaban J connectivity index is 1.30. The van der Waals surface area contributed by atoms with Crippen LogP contribution in [-0.4, -0.2) is 39.0 Å². The first-order valence-corrected chi connectivity index (χ1v) is 9.94. The average Bonchev–Trinajstić information content (AvgIpc) is 3.04. The molecule has 144 valence electrons. The molecule has 4 N–H and O–H groups in total. The van der Waals surface area contributed by atoms with Gasteiger partial charge in [0.25, 0.3) is 0 Å². The van der Waals surface area contributed by atoms with Crippen molar-refractivity contribution < 1.29 is 10.2 Å². The van der Waals surface area contributed by atoms with E-state index in [4.69, 9.17) is 0 Å². The number of rotatable bonds is 4. The maximum atomic E-state index is 10.4. The number of aromatic hydroxyl groups is 2. The third kappa shape index (κ3) is 3.36. The number of aromatic nitrogens is 2. The molecule has 0 saturated carbocycles. The van der Waals surface area contributed by atoms with Gasteiger partial charge in [0.1, 0.15) is 17.3 Å². The first-order chi connectivity index (χ1) is 13.6. The van der Waals surface area contributed by atoms with Crippen molar-refractivity contribution in [3.63, 3.8) is 0 Å². The van der Waals surface area contributed by atoms with E-state index in [0.29, 0.717) is 29.3 Å². The molecule has 0 radical (unpaired) electrons. The van der Waals surface area contributed by atoms with E-state index in [1.807, 2.05) is 24.3 Å². The molecule has 1 aromatic heterocycles. The Morgan fingerprint density at radius 2 is 1.75 bits per heavy atom. The van der Waals surface area contributed by atoms with Gasteiger partial charge in [-0.05, 0) is 78.8 Å². The highest BCUT2D eigenvalue weighted by Gasteiger charge is 2.33. The van der Waals surface area contributed by atoms with Gasteiger partial charge in [-0.15, -0.1) is 10.2 Å². The number of hydrogen-bond acceptors (Lipinski definition) is 6. The molecule has 6 nitrogen and oxygen atoms in total. The number of anilines is 1. The topological polar surface area (TPSA) is 90.3 Å². The molecule has 2 bridgehead atoms. The van der Waals surface area contributed by atoms with Crippen molar-refractivity contribution >= 4 is 16.6 Å². The second-order valence-electron chi connectivity index (χ2n) is 8.06. The van der Waals surface area contributed by atoms with Crippen LogP contribution < -0.4 is 10.6 Å². The number of nitrogens with one attached hydrogen (secondary N) is 2. The number of phenols is 2. The maximum absolute atomic E-state index is 10.4. The fraction of sp³-hybridized carbons (Fsp3) is 0.364. The second kappa shape index (κ2) is 6.95. The minimum Gasteiger partial charge on any atom is -0.508 e. The van der Waals surface area contributed by atoms with Crippen molar-refractivity contribution in [2.24, 2.45) is 5.92 Å². The number of piperidine rings is 1. The summed E-state index contributed by atoms with van der Waals surface area (Å²) >= 11 is 0. The third-order valence-electron chi connectivity index (χ3n) is 6.02. The van der Waals surface area contributed by atoms with Gasteiger partial charge < -0.3 is 20.8 Å². The van der Waals surface area contributed by atoms with E-state index in [2.05, 4.69) is 20.8 Å². The van der Waals surface area contributed by atoms with Crippen LogP contribution >= 0.6 is 0 Å². The summed E-state index contributed by atoms with van der Waals surface area (Å²) in [5.41, 5.74) is 1.25. The highest BCUT2D eigenvalue weighted by Crippen LogP contribution is 2.34. The van der Waals surface area contributed by atoms with Crippen LogP contribution in [0.3, 0.4) is 0 Å². The van der Waals surface area contributed by atoms with Crippen molar-refractivity contribution in [3.05, 3.63) is 42.5 Å². The largest absolute Gasteiger partial charge is 0.508 e. The lowest BCUT2D eigenvalue weighted by Crippen LogP contribution is -2.40. The van der Waals surface area contributed by atoms with Crippen LogP contribution in [0.15, 0.2) is 42.5 Å². The molecular weight excluding hydrogens is 352 g/mol. The standard InChI is InChI=1S/C22H24N4O2/c27-18-4-1-14-10-19(21(28)11-15(14)9-18)20-5-6-22(26-25-20)23-12-13-7-16-2-3-17(8-13)24-16/h1,4-6,9-11,13,16-17,24,27-28H,2-3,7-8,12H2,(H,23,26). The summed E-state index contributed by atoms with van der Waals surface area (Å²) in [6, 6.07) is 13.8. The molecule has 2 saturated heterocycles. The van der Waals surface area contributed by atoms with Crippen LogP contribution in [0.5, 0.6) is 11.5 Å². The predicted molar refractivity (Wildman–Crippen MR) is 109 cm³/mol. The molecule has 0 aliphatic carbocycles. The van der Waals surface area contributed by atoms with Gasteiger partial charge in [-0.3, -0.25) is 0 Å². The van der Waals surface area contributed by atoms with E-state index in [9.17, 15) is 10.2 Å². The predicted octanol–water partition coefficient (Wildman–Crippen LogP) is 3.65. The highest BCUT2D eigenvalue weighted by atomic mass is 16.3. The van der Waals surface area contributed by atoms with Crippen LogP contribution in [0.25, 0.3) is 22.0 Å². The summed E-state index contributed by atoms with van der Waals surface area (Å²) in [5, 5.41) is 37.4. The fourth-order valence-corrected chi connectivity index (χ4v) is 4.64. The molecule has 2 aliphatic heterocycles. The van der Waals surface area contributed by atoms with E-state index < -0.39 is 0 Å². The number of benzene rings is 2. The van der Waals surface area contributed by atoms with Gasteiger partial charge in [0.05, 0.1) is 5.69 Å². The highest BCUT2D eigenvalue weighted by molar-refractivity contribution is 5.90. The summed E-state index contributed by atoms with van der Waals surface area (Å²) in [4.78, 5) is 0. The molecule has 0 amide bonds. The SMILES string of the molecule is Oc1ccc2cc(-c3ccc(NCC4CC5CCC(C4)N5)nn3)c(O)cc2c1. The minimum absolute atomic E-state index is 0.123. The Morgan fingerprint density at radius 3 is 2.50 bits per heavy atom. The lowest BCUT2D eigenvalue weighted by molar-refractivity contribution is 0.311.